The number of allylic oxidation sites excluding steroid dienone is 1. The molecule has 0 saturated heterocycles. The SMILES string of the molecule is C=C(CC)CC(=O)C1(OC)CCCCC1. The minimum atomic E-state index is -0.490. The van der Waals surface area contributed by atoms with Crippen LogP contribution in [0.15, 0.2) is 12.2 Å². The van der Waals surface area contributed by atoms with Gasteiger partial charge in [-0.2, -0.15) is 0 Å². The lowest BCUT2D eigenvalue weighted by molar-refractivity contribution is -0.144. The standard InChI is InChI=1S/C13H22O2/c1-4-11(2)10-12(14)13(15-3)8-6-5-7-9-13/h2,4-10H2,1,3H3. The summed E-state index contributed by atoms with van der Waals surface area (Å²) in [6.07, 6.45) is 6.60. The second-order valence-corrected chi connectivity index (χ2v) is 4.46. The molecule has 2 heteroatoms. The molecule has 0 heterocycles. The van der Waals surface area contributed by atoms with Gasteiger partial charge in [0.2, 0.25) is 0 Å². The average molecular weight is 210 g/mol. The van der Waals surface area contributed by atoms with E-state index in [0.29, 0.717) is 6.42 Å². The van der Waals surface area contributed by atoms with E-state index in [-0.39, 0.29) is 5.78 Å². The molecule has 0 amide bonds. The van der Waals surface area contributed by atoms with Gasteiger partial charge >= 0.3 is 0 Å². The van der Waals surface area contributed by atoms with Crippen LogP contribution in [0, 0.1) is 0 Å². The summed E-state index contributed by atoms with van der Waals surface area (Å²) in [6.45, 7) is 5.93. The Labute approximate surface area is 92.7 Å². The zero-order chi connectivity index (χ0) is 11.3. The number of ketones is 1. The summed E-state index contributed by atoms with van der Waals surface area (Å²) >= 11 is 0. The Kier molecular flexibility index (Phi) is 4.52. The maximum Gasteiger partial charge on any atom is 0.168 e. The zero-order valence-corrected chi connectivity index (χ0v) is 9.97. The molecule has 0 aromatic heterocycles. The summed E-state index contributed by atoms with van der Waals surface area (Å²) in [6, 6.07) is 0. The first-order valence-electron chi connectivity index (χ1n) is 5.89. The van der Waals surface area contributed by atoms with Crippen molar-refractivity contribution in [2.24, 2.45) is 0 Å². The molecule has 0 aliphatic heterocycles. The van der Waals surface area contributed by atoms with Crippen molar-refractivity contribution in [3.63, 3.8) is 0 Å². The predicted molar refractivity (Wildman–Crippen MR) is 61.9 cm³/mol. The molecule has 1 fully saturated rings. The van der Waals surface area contributed by atoms with E-state index in [1.165, 1.54) is 6.42 Å². The number of rotatable bonds is 5. The molecule has 0 spiro atoms. The molecule has 0 unspecified atom stereocenters. The van der Waals surface area contributed by atoms with E-state index < -0.39 is 5.60 Å². The van der Waals surface area contributed by atoms with Gasteiger partial charge in [-0.1, -0.05) is 38.3 Å². The summed E-state index contributed by atoms with van der Waals surface area (Å²) in [7, 11) is 1.66. The third kappa shape index (κ3) is 2.91. The number of methoxy groups -OCH3 is 1. The van der Waals surface area contributed by atoms with Gasteiger partial charge < -0.3 is 4.74 Å². The summed E-state index contributed by atoms with van der Waals surface area (Å²) in [5, 5.41) is 0. The van der Waals surface area contributed by atoms with Crippen LogP contribution < -0.4 is 0 Å². The highest BCUT2D eigenvalue weighted by atomic mass is 16.5. The fourth-order valence-electron chi connectivity index (χ4n) is 2.23. The molecule has 86 valence electrons. The van der Waals surface area contributed by atoms with Crippen LogP contribution in [-0.4, -0.2) is 18.5 Å². The van der Waals surface area contributed by atoms with E-state index in [9.17, 15) is 4.79 Å². The topological polar surface area (TPSA) is 26.3 Å². The van der Waals surface area contributed by atoms with E-state index in [4.69, 9.17) is 4.74 Å². The Balaban J connectivity index is 2.63. The van der Waals surface area contributed by atoms with Gasteiger partial charge in [0, 0.05) is 13.5 Å². The quantitative estimate of drug-likeness (QED) is 0.651. The molecule has 2 nitrogen and oxygen atoms in total. The van der Waals surface area contributed by atoms with Gasteiger partial charge in [0.15, 0.2) is 5.78 Å². The maximum atomic E-state index is 12.1. The Morgan fingerprint density at radius 3 is 2.40 bits per heavy atom. The minimum absolute atomic E-state index is 0.233. The molecule has 0 N–H and O–H groups in total. The molecule has 0 atom stereocenters. The lowest BCUT2D eigenvalue weighted by Crippen LogP contribution is -2.42. The van der Waals surface area contributed by atoms with Crippen molar-refractivity contribution < 1.29 is 9.53 Å². The number of hydrogen-bond donors (Lipinski definition) is 0. The number of Topliss-reactive ketones (excluding diaryl/α,β-unsaturated/α-hetero) is 1. The lowest BCUT2D eigenvalue weighted by Gasteiger charge is -2.34. The van der Waals surface area contributed by atoms with Crippen LogP contribution in [0.3, 0.4) is 0 Å². The predicted octanol–water partition coefficient (Wildman–Crippen LogP) is 3.26. The lowest BCUT2D eigenvalue weighted by atomic mass is 9.79. The van der Waals surface area contributed by atoms with Gasteiger partial charge in [0.25, 0.3) is 0 Å². The highest BCUT2D eigenvalue weighted by molar-refractivity contribution is 5.89. The monoisotopic (exact) mass is 210 g/mol. The molecule has 0 radical (unpaired) electrons. The summed E-state index contributed by atoms with van der Waals surface area (Å²) in [5.41, 5.74) is 0.526. The van der Waals surface area contributed by atoms with Crippen LogP contribution in [0.2, 0.25) is 0 Å². The number of hydrogen-bond acceptors (Lipinski definition) is 2. The van der Waals surface area contributed by atoms with E-state index in [1.54, 1.807) is 7.11 Å². The van der Waals surface area contributed by atoms with E-state index >= 15 is 0 Å². The first-order valence-corrected chi connectivity index (χ1v) is 5.89. The van der Waals surface area contributed by atoms with Crippen LogP contribution in [-0.2, 0) is 9.53 Å². The van der Waals surface area contributed by atoms with Crippen LogP contribution in [0.5, 0.6) is 0 Å². The van der Waals surface area contributed by atoms with Gasteiger partial charge in [0.1, 0.15) is 5.60 Å². The second kappa shape index (κ2) is 5.45. The van der Waals surface area contributed by atoms with Gasteiger partial charge in [0.05, 0.1) is 0 Å². The fraction of sp³-hybridized carbons (Fsp3) is 0.769. The first-order chi connectivity index (χ1) is 7.14. The van der Waals surface area contributed by atoms with Gasteiger partial charge in [-0.3, -0.25) is 4.79 Å². The molecule has 1 saturated carbocycles. The summed E-state index contributed by atoms with van der Waals surface area (Å²) in [4.78, 5) is 12.1. The Hall–Kier alpha value is -0.630. The first kappa shape index (κ1) is 12.4. The Morgan fingerprint density at radius 2 is 1.93 bits per heavy atom. The Morgan fingerprint density at radius 1 is 1.33 bits per heavy atom. The third-order valence-electron chi connectivity index (χ3n) is 3.47. The smallest absolute Gasteiger partial charge is 0.168 e. The number of carbonyl (C=O) groups excluding carboxylic acids is 1. The van der Waals surface area contributed by atoms with Crippen molar-refractivity contribution in [3.8, 4) is 0 Å². The van der Waals surface area contributed by atoms with Crippen molar-refractivity contribution in [3.05, 3.63) is 12.2 Å². The van der Waals surface area contributed by atoms with Gasteiger partial charge in [-0.15, -0.1) is 0 Å². The molecule has 0 aromatic carbocycles. The average Bonchev–Trinajstić information content (AvgIpc) is 2.29. The van der Waals surface area contributed by atoms with Crippen LogP contribution >= 0.6 is 0 Å². The molecule has 15 heavy (non-hydrogen) atoms. The molecule has 1 aliphatic rings. The van der Waals surface area contributed by atoms with Gasteiger partial charge in [-0.05, 0) is 19.3 Å². The Bertz CT molecular complexity index is 237. The van der Waals surface area contributed by atoms with Crippen molar-refractivity contribution in [1.29, 1.82) is 0 Å². The number of ether oxygens (including phenoxy) is 1. The normalized spacial score (nSPS) is 19.9. The summed E-state index contributed by atoms with van der Waals surface area (Å²) < 4.78 is 5.50. The number of carbonyl (C=O) groups is 1. The van der Waals surface area contributed by atoms with Crippen LogP contribution in [0.25, 0.3) is 0 Å². The highest BCUT2D eigenvalue weighted by Gasteiger charge is 2.38. The molecule has 1 rings (SSSR count). The second-order valence-electron chi connectivity index (χ2n) is 4.46. The van der Waals surface area contributed by atoms with Crippen molar-refractivity contribution in [2.75, 3.05) is 7.11 Å². The molecule has 1 aliphatic carbocycles. The highest BCUT2D eigenvalue weighted by Crippen LogP contribution is 2.33. The van der Waals surface area contributed by atoms with Crippen molar-refractivity contribution in [1.82, 2.24) is 0 Å². The molecule has 0 aromatic rings. The summed E-state index contributed by atoms with van der Waals surface area (Å²) in [5.74, 6) is 0.233. The molecular weight excluding hydrogens is 188 g/mol. The zero-order valence-electron chi connectivity index (χ0n) is 9.97. The minimum Gasteiger partial charge on any atom is -0.370 e. The van der Waals surface area contributed by atoms with Crippen LogP contribution in [0.1, 0.15) is 51.9 Å². The third-order valence-corrected chi connectivity index (χ3v) is 3.47. The molecule has 0 bridgehead atoms. The van der Waals surface area contributed by atoms with E-state index in [1.807, 2.05) is 6.92 Å². The maximum absolute atomic E-state index is 12.1. The molecular formula is C13H22O2. The van der Waals surface area contributed by atoms with Gasteiger partial charge in [-0.25, -0.2) is 0 Å². The largest absolute Gasteiger partial charge is 0.370 e. The van der Waals surface area contributed by atoms with Crippen molar-refractivity contribution in [2.45, 2.75) is 57.5 Å². The van der Waals surface area contributed by atoms with Crippen molar-refractivity contribution >= 4 is 5.78 Å². The van der Waals surface area contributed by atoms with Crippen LogP contribution in [0.4, 0.5) is 0 Å². The fourth-order valence-corrected chi connectivity index (χ4v) is 2.23. The van der Waals surface area contributed by atoms with E-state index in [0.717, 1.165) is 37.7 Å². The van der Waals surface area contributed by atoms with E-state index in [2.05, 4.69) is 6.58 Å².